The zero-order valence-electron chi connectivity index (χ0n) is 12.6. The van der Waals surface area contributed by atoms with Crippen LogP contribution < -0.4 is 11.1 Å². The second kappa shape index (κ2) is 8.26. The Morgan fingerprint density at radius 2 is 2.14 bits per heavy atom. The topological polar surface area (TPSA) is 106 Å². The molecule has 1 amide bonds. The third-order valence-corrected chi connectivity index (χ3v) is 3.03. The van der Waals surface area contributed by atoms with Gasteiger partial charge >= 0.3 is 0 Å². The number of amides is 1. The number of nitrogens with one attached hydrogen (secondary N) is 2. The normalized spacial score (nSPS) is 10.6. The van der Waals surface area contributed by atoms with Crippen molar-refractivity contribution in [1.82, 2.24) is 15.2 Å². The van der Waals surface area contributed by atoms with E-state index >= 15 is 0 Å². The molecule has 0 saturated carbocycles. The van der Waals surface area contributed by atoms with Crippen LogP contribution in [0.1, 0.15) is 25.6 Å². The SMILES string of the molecule is CCCCOCC(=O)Nc1ccc(-c2n[nH]c(CN)n2)cc1. The highest BCUT2D eigenvalue weighted by atomic mass is 16.5. The number of aromatic amines is 1. The quantitative estimate of drug-likeness (QED) is 0.643. The predicted octanol–water partition coefficient (Wildman–Crippen LogP) is 1.69. The molecule has 0 saturated heterocycles. The van der Waals surface area contributed by atoms with Crippen LogP contribution in [0.25, 0.3) is 11.4 Å². The van der Waals surface area contributed by atoms with Gasteiger partial charge in [0.1, 0.15) is 12.4 Å². The molecule has 0 fully saturated rings. The van der Waals surface area contributed by atoms with Crippen LogP contribution in [0.2, 0.25) is 0 Å². The number of anilines is 1. The van der Waals surface area contributed by atoms with Gasteiger partial charge in [-0.3, -0.25) is 9.89 Å². The maximum atomic E-state index is 11.7. The molecule has 0 aliphatic heterocycles. The number of aromatic nitrogens is 3. The van der Waals surface area contributed by atoms with Crippen LogP contribution in [-0.4, -0.2) is 34.3 Å². The molecular weight excluding hydrogens is 282 g/mol. The maximum Gasteiger partial charge on any atom is 0.250 e. The third-order valence-electron chi connectivity index (χ3n) is 3.03. The number of carbonyl (C=O) groups is 1. The molecular formula is C15H21N5O2. The molecule has 22 heavy (non-hydrogen) atoms. The molecule has 2 aromatic rings. The minimum absolute atomic E-state index is 0.0720. The van der Waals surface area contributed by atoms with Gasteiger partial charge in [-0.15, -0.1) is 0 Å². The van der Waals surface area contributed by atoms with E-state index in [9.17, 15) is 4.79 Å². The van der Waals surface area contributed by atoms with E-state index in [1.54, 1.807) is 12.1 Å². The third kappa shape index (κ3) is 4.64. The fourth-order valence-electron chi connectivity index (χ4n) is 1.83. The minimum atomic E-state index is -0.160. The van der Waals surface area contributed by atoms with Crippen molar-refractivity contribution in [1.29, 1.82) is 0 Å². The number of carbonyl (C=O) groups excluding carboxylic acids is 1. The average Bonchev–Trinajstić information content (AvgIpc) is 3.01. The van der Waals surface area contributed by atoms with E-state index in [-0.39, 0.29) is 12.5 Å². The van der Waals surface area contributed by atoms with Crippen molar-refractivity contribution in [3.05, 3.63) is 30.1 Å². The van der Waals surface area contributed by atoms with Crippen molar-refractivity contribution in [2.75, 3.05) is 18.5 Å². The van der Waals surface area contributed by atoms with Crippen molar-refractivity contribution < 1.29 is 9.53 Å². The van der Waals surface area contributed by atoms with Crippen molar-refractivity contribution in [2.24, 2.45) is 5.73 Å². The van der Waals surface area contributed by atoms with Gasteiger partial charge in [0, 0.05) is 17.9 Å². The van der Waals surface area contributed by atoms with Crippen molar-refractivity contribution in [3.8, 4) is 11.4 Å². The Balaban J connectivity index is 1.87. The van der Waals surface area contributed by atoms with Crippen LogP contribution in [-0.2, 0) is 16.1 Å². The van der Waals surface area contributed by atoms with Crippen LogP contribution in [0.15, 0.2) is 24.3 Å². The Morgan fingerprint density at radius 1 is 1.36 bits per heavy atom. The molecule has 118 valence electrons. The smallest absolute Gasteiger partial charge is 0.250 e. The first-order valence-corrected chi connectivity index (χ1v) is 7.32. The summed E-state index contributed by atoms with van der Waals surface area (Å²) in [6.07, 6.45) is 2.01. The number of hydrogen-bond acceptors (Lipinski definition) is 5. The fraction of sp³-hybridized carbons (Fsp3) is 0.400. The minimum Gasteiger partial charge on any atom is -0.372 e. The summed E-state index contributed by atoms with van der Waals surface area (Å²) < 4.78 is 5.27. The first-order valence-electron chi connectivity index (χ1n) is 7.32. The summed E-state index contributed by atoms with van der Waals surface area (Å²) in [5.74, 6) is 1.06. The number of hydrogen-bond donors (Lipinski definition) is 3. The van der Waals surface area contributed by atoms with Crippen molar-refractivity contribution in [2.45, 2.75) is 26.3 Å². The lowest BCUT2D eigenvalue weighted by atomic mass is 10.2. The van der Waals surface area contributed by atoms with E-state index in [0.717, 1.165) is 18.4 Å². The summed E-state index contributed by atoms with van der Waals surface area (Å²) >= 11 is 0. The van der Waals surface area contributed by atoms with Crippen LogP contribution in [0, 0.1) is 0 Å². The summed E-state index contributed by atoms with van der Waals surface area (Å²) in [5.41, 5.74) is 7.05. The second-order valence-electron chi connectivity index (χ2n) is 4.84. The van der Waals surface area contributed by atoms with E-state index in [2.05, 4.69) is 27.4 Å². The number of benzene rings is 1. The highest BCUT2D eigenvalue weighted by molar-refractivity contribution is 5.91. The number of ether oxygens (including phenoxy) is 1. The Bertz CT molecular complexity index is 594. The molecule has 1 aromatic carbocycles. The molecule has 0 spiro atoms. The zero-order valence-corrected chi connectivity index (χ0v) is 12.6. The first-order chi connectivity index (χ1) is 10.7. The molecule has 1 heterocycles. The zero-order chi connectivity index (χ0) is 15.8. The molecule has 4 N–H and O–H groups in total. The van der Waals surface area contributed by atoms with Crippen molar-refractivity contribution in [3.63, 3.8) is 0 Å². The number of H-pyrrole nitrogens is 1. The summed E-state index contributed by atoms with van der Waals surface area (Å²) in [6, 6.07) is 7.30. The highest BCUT2D eigenvalue weighted by Gasteiger charge is 2.06. The van der Waals surface area contributed by atoms with Crippen LogP contribution >= 0.6 is 0 Å². The first kappa shape index (κ1) is 16.1. The molecule has 7 nitrogen and oxygen atoms in total. The molecule has 0 aliphatic carbocycles. The molecule has 0 atom stereocenters. The lowest BCUT2D eigenvalue weighted by Crippen LogP contribution is -2.18. The molecule has 1 aromatic heterocycles. The van der Waals surface area contributed by atoms with Crippen molar-refractivity contribution >= 4 is 11.6 Å². The average molecular weight is 303 g/mol. The van der Waals surface area contributed by atoms with Gasteiger partial charge in [0.25, 0.3) is 0 Å². The Hall–Kier alpha value is -2.25. The number of unbranched alkanes of at least 4 members (excludes halogenated alkanes) is 1. The number of nitrogens with zero attached hydrogens (tertiary/aromatic N) is 2. The van der Waals surface area contributed by atoms with Gasteiger partial charge in [0.2, 0.25) is 5.91 Å². The lowest BCUT2D eigenvalue weighted by Gasteiger charge is -2.06. The van der Waals surface area contributed by atoms with Gasteiger partial charge in [0.15, 0.2) is 5.82 Å². The Kier molecular flexibility index (Phi) is 6.05. The molecule has 0 aliphatic rings. The summed E-state index contributed by atoms with van der Waals surface area (Å²) in [4.78, 5) is 15.9. The largest absolute Gasteiger partial charge is 0.372 e. The van der Waals surface area contributed by atoms with Gasteiger partial charge in [-0.1, -0.05) is 13.3 Å². The highest BCUT2D eigenvalue weighted by Crippen LogP contribution is 2.17. The van der Waals surface area contributed by atoms with Gasteiger partial charge in [-0.25, -0.2) is 4.98 Å². The Labute approximate surface area is 129 Å². The van der Waals surface area contributed by atoms with E-state index in [1.165, 1.54) is 0 Å². The predicted molar refractivity (Wildman–Crippen MR) is 84.1 cm³/mol. The summed E-state index contributed by atoms with van der Waals surface area (Å²) in [5, 5.41) is 9.63. The second-order valence-corrected chi connectivity index (χ2v) is 4.84. The van der Waals surface area contributed by atoms with E-state index < -0.39 is 0 Å². The van der Waals surface area contributed by atoms with Crippen LogP contribution in [0.3, 0.4) is 0 Å². The molecule has 0 bridgehead atoms. The number of nitrogens with two attached hydrogens (primary N) is 1. The summed E-state index contributed by atoms with van der Waals surface area (Å²) in [6.45, 7) is 3.08. The standard InChI is InChI=1S/C15H21N5O2/c1-2-3-8-22-10-14(21)17-12-6-4-11(5-7-12)15-18-13(9-16)19-20-15/h4-7H,2-3,8-10,16H2,1H3,(H,17,21)(H,18,19,20). The molecule has 7 heteroatoms. The van der Waals surface area contributed by atoms with Crippen LogP contribution in [0.5, 0.6) is 0 Å². The van der Waals surface area contributed by atoms with Gasteiger partial charge in [0.05, 0.1) is 6.54 Å². The molecule has 0 radical (unpaired) electrons. The molecule has 2 rings (SSSR count). The van der Waals surface area contributed by atoms with Crippen LogP contribution in [0.4, 0.5) is 5.69 Å². The van der Waals surface area contributed by atoms with E-state index in [4.69, 9.17) is 10.5 Å². The lowest BCUT2D eigenvalue weighted by molar-refractivity contribution is -0.120. The summed E-state index contributed by atoms with van der Waals surface area (Å²) in [7, 11) is 0. The number of rotatable bonds is 8. The monoisotopic (exact) mass is 303 g/mol. The van der Waals surface area contributed by atoms with Gasteiger partial charge < -0.3 is 15.8 Å². The van der Waals surface area contributed by atoms with E-state index in [1.807, 2.05) is 12.1 Å². The fourth-order valence-corrected chi connectivity index (χ4v) is 1.83. The maximum absolute atomic E-state index is 11.7. The molecule has 0 unspecified atom stereocenters. The Morgan fingerprint density at radius 3 is 2.77 bits per heavy atom. The van der Waals surface area contributed by atoms with Gasteiger partial charge in [-0.05, 0) is 30.7 Å². The van der Waals surface area contributed by atoms with E-state index in [0.29, 0.717) is 30.5 Å². The van der Waals surface area contributed by atoms with Gasteiger partial charge in [-0.2, -0.15) is 5.10 Å².